The van der Waals surface area contributed by atoms with Gasteiger partial charge in [-0.15, -0.1) is 0 Å². The van der Waals surface area contributed by atoms with Crippen molar-refractivity contribution in [2.75, 3.05) is 0 Å². The second-order valence-electron chi connectivity index (χ2n) is 5.73. The van der Waals surface area contributed by atoms with Crippen LogP contribution in [-0.4, -0.2) is 33.2 Å². The van der Waals surface area contributed by atoms with Gasteiger partial charge in [0.05, 0.1) is 5.52 Å². The number of aromatic nitrogens is 2. The number of aliphatic carboxylic acids is 1. The van der Waals surface area contributed by atoms with Crippen molar-refractivity contribution in [2.24, 2.45) is 5.41 Å². The number of carbonyl (C=O) groups is 2. The molecule has 0 aliphatic carbocycles. The monoisotopic (exact) mass is 275 g/mol. The predicted octanol–water partition coefficient (Wildman–Crippen LogP) is 1.79. The Labute approximate surface area is 116 Å². The second kappa shape index (κ2) is 4.96. The largest absolute Gasteiger partial charge is 0.480 e. The molecule has 106 valence electrons. The zero-order valence-corrected chi connectivity index (χ0v) is 11.6. The van der Waals surface area contributed by atoms with Crippen LogP contribution in [0, 0.1) is 5.41 Å². The number of rotatable bonds is 3. The quantitative estimate of drug-likeness (QED) is 0.795. The highest BCUT2D eigenvalue weighted by molar-refractivity contribution is 6.05. The highest BCUT2D eigenvalue weighted by Gasteiger charge is 2.33. The van der Waals surface area contributed by atoms with Crippen LogP contribution in [0.3, 0.4) is 0 Å². The van der Waals surface area contributed by atoms with Gasteiger partial charge in [-0.2, -0.15) is 5.10 Å². The molecule has 1 heterocycles. The third-order valence-electron chi connectivity index (χ3n) is 3.07. The van der Waals surface area contributed by atoms with Gasteiger partial charge in [0.2, 0.25) is 0 Å². The van der Waals surface area contributed by atoms with Gasteiger partial charge >= 0.3 is 5.97 Å². The summed E-state index contributed by atoms with van der Waals surface area (Å²) in [7, 11) is 0. The maximum Gasteiger partial charge on any atom is 0.326 e. The van der Waals surface area contributed by atoms with Crippen molar-refractivity contribution in [3.05, 3.63) is 30.0 Å². The van der Waals surface area contributed by atoms with Gasteiger partial charge in [0, 0.05) is 5.39 Å². The summed E-state index contributed by atoms with van der Waals surface area (Å²) in [6.07, 6.45) is 0. The Hall–Kier alpha value is -2.37. The minimum absolute atomic E-state index is 0.205. The van der Waals surface area contributed by atoms with E-state index in [1.165, 1.54) is 0 Å². The number of hydrogen-bond acceptors (Lipinski definition) is 3. The molecule has 0 saturated heterocycles. The average molecular weight is 275 g/mol. The maximum atomic E-state index is 12.2. The number of carboxylic acid groups (broad SMARTS) is 1. The molecule has 2 aromatic rings. The fraction of sp³-hybridized carbons (Fsp3) is 0.357. The highest BCUT2D eigenvalue weighted by atomic mass is 16.4. The van der Waals surface area contributed by atoms with E-state index < -0.39 is 23.3 Å². The Balaban J connectivity index is 2.30. The Morgan fingerprint density at radius 1 is 1.30 bits per heavy atom. The minimum Gasteiger partial charge on any atom is -0.480 e. The minimum atomic E-state index is -1.06. The van der Waals surface area contributed by atoms with Gasteiger partial charge in [0.15, 0.2) is 5.69 Å². The molecule has 1 aromatic carbocycles. The first kappa shape index (κ1) is 14.0. The number of fused-ring (bicyclic) bond motifs is 1. The molecule has 0 fully saturated rings. The van der Waals surface area contributed by atoms with Gasteiger partial charge in [0.25, 0.3) is 5.91 Å². The van der Waals surface area contributed by atoms with E-state index in [0.29, 0.717) is 5.39 Å². The number of benzene rings is 1. The van der Waals surface area contributed by atoms with Gasteiger partial charge < -0.3 is 10.4 Å². The molecule has 0 bridgehead atoms. The molecule has 6 heteroatoms. The summed E-state index contributed by atoms with van der Waals surface area (Å²) < 4.78 is 0. The van der Waals surface area contributed by atoms with Gasteiger partial charge in [0.1, 0.15) is 6.04 Å². The van der Waals surface area contributed by atoms with E-state index in [0.717, 1.165) is 5.52 Å². The smallest absolute Gasteiger partial charge is 0.326 e. The summed E-state index contributed by atoms with van der Waals surface area (Å²) in [5, 5.41) is 19.1. The lowest BCUT2D eigenvalue weighted by Crippen LogP contribution is -2.49. The van der Waals surface area contributed by atoms with Crippen molar-refractivity contribution in [3.8, 4) is 0 Å². The summed E-state index contributed by atoms with van der Waals surface area (Å²) in [6.45, 7) is 5.28. The molecule has 1 amide bonds. The zero-order valence-electron chi connectivity index (χ0n) is 11.6. The first-order valence-corrected chi connectivity index (χ1v) is 6.27. The first-order valence-electron chi connectivity index (χ1n) is 6.27. The van der Waals surface area contributed by atoms with Crippen LogP contribution in [0.25, 0.3) is 10.9 Å². The standard InChI is InChI=1S/C14H17N3O3/c1-14(2,3)11(13(19)20)15-12(18)10-8-6-4-5-7-9(8)16-17-10/h4-7,11H,1-3H3,(H,15,18)(H,16,17)(H,19,20)/t11-/m1/s1. The summed E-state index contributed by atoms with van der Waals surface area (Å²) in [5.74, 6) is -1.56. The lowest BCUT2D eigenvalue weighted by atomic mass is 9.86. The van der Waals surface area contributed by atoms with Crippen molar-refractivity contribution in [2.45, 2.75) is 26.8 Å². The number of H-pyrrole nitrogens is 1. The molecule has 2 rings (SSSR count). The van der Waals surface area contributed by atoms with Crippen molar-refractivity contribution < 1.29 is 14.7 Å². The van der Waals surface area contributed by atoms with E-state index in [2.05, 4.69) is 15.5 Å². The lowest BCUT2D eigenvalue weighted by molar-refractivity contribution is -0.142. The Morgan fingerprint density at radius 3 is 2.55 bits per heavy atom. The molecular weight excluding hydrogens is 258 g/mol. The van der Waals surface area contributed by atoms with E-state index in [-0.39, 0.29) is 5.69 Å². The third kappa shape index (κ3) is 2.64. The van der Waals surface area contributed by atoms with Crippen molar-refractivity contribution in [1.29, 1.82) is 0 Å². The van der Waals surface area contributed by atoms with Gasteiger partial charge in [-0.3, -0.25) is 9.89 Å². The topological polar surface area (TPSA) is 95.1 Å². The van der Waals surface area contributed by atoms with E-state index >= 15 is 0 Å². The molecular formula is C14H17N3O3. The molecule has 0 aliphatic rings. The van der Waals surface area contributed by atoms with Crippen LogP contribution in [0.4, 0.5) is 0 Å². The van der Waals surface area contributed by atoms with E-state index in [4.69, 9.17) is 0 Å². The molecule has 0 unspecified atom stereocenters. The molecule has 3 N–H and O–H groups in total. The number of carbonyl (C=O) groups excluding carboxylic acids is 1. The van der Waals surface area contributed by atoms with Crippen LogP contribution in [0.1, 0.15) is 31.3 Å². The van der Waals surface area contributed by atoms with Gasteiger partial charge in [-0.1, -0.05) is 39.0 Å². The van der Waals surface area contributed by atoms with Crippen LogP contribution in [-0.2, 0) is 4.79 Å². The maximum absolute atomic E-state index is 12.2. The zero-order chi connectivity index (χ0) is 14.9. The van der Waals surface area contributed by atoms with E-state index in [1.54, 1.807) is 39.0 Å². The fourth-order valence-electron chi connectivity index (χ4n) is 1.98. The van der Waals surface area contributed by atoms with Crippen LogP contribution in [0.2, 0.25) is 0 Å². The summed E-state index contributed by atoms with van der Waals surface area (Å²) in [4.78, 5) is 23.5. The van der Waals surface area contributed by atoms with Crippen molar-refractivity contribution >= 4 is 22.8 Å². The summed E-state index contributed by atoms with van der Waals surface area (Å²) >= 11 is 0. The van der Waals surface area contributed by atoms with Gasteiger partial charge in [-0.05, 0) is 11.5 Å². The van der Waals surface area contributed by atoms with Crippen LogP contribution in [0.15, 0.2) is 24.3 Å². The highest BCUT2D eigenvalue weighted by Crippen LogP contribution is 2.21. The summed E-state index contributed by atoms with van der Waals surface area (Å²) in [5.41, 5.74) is 0.351. The molecule has 0 spiro atoms. The number of nitrogens with zero attached hydrogens (tertiary/aromatic N) is 1. The van der Waals surface area contributed by atoms with E-state index in [9.17, 15) is 14.7 Å². The average Bonchev–Trinajstić information content (AvgIpc) is 2.77. The number of nitrogens with one attached hydrogen (secondary N) is 2. The molecule has 6 nitrogen and oxygen atoms in total. The number of para-hydroxylation sites is 1. The molecule has 1 aromatic heterocycles. The number of hydrogen-bond donors (Lipinski definition) is 3. The van der Waals surface area contributed by atoms with Gasteiger partial charge in [-0.25, -0.2) is 4.79 Å². The van der Waals surface area contributed by atoms with Crippen molar-refractivity contribution in [1.82, 2.24) is 15.5 Å². The normalized spacial score (nSPS) is 13.2. The molecule has 1 atom stereocenters. The predicted molar refractivity (Wildman–Crippen MR) is 74.4 cm³/mol. The number of carboxylic acids is 1. The number of amides is 1. The second-order valence-corrected chi connectivity index (χ2v) is 5.73. The SMILES string of the molecule is CC(C)(C)[C@H](NC(=O)c1n[nH]c2ccccc12)C(=O)O. The Kier molecular flexibility index (Phi) is 3.48. The third-order valence-corrected chi connectivity index (χ3v) is 3.07. The molecule has 0 saturated carbocycles. The molecule has 0 aliphatic heterocycles. The molecule has 20 heavy (non-hydrogen) atoms. The number of aromatic amines is 1. The van der Waals surface area contributed by atoms with Crippen LogP contribution < -0.4 is 5.32 Å². The lowest BCUT2D eigenvalue weighted by Gasteiger charge is -2.27. The van der Waals surface area contributed by atoms with Crippen LogP contribution in [0.5, 0.6) is 0 Å². The van der Waals surface area contributed by atoms with Crippen LogP contribution >= 0.6 is 0 Å². The molecule has 0 radical (unpaired) electrons. The fourth-order valence-corrected chi connectivity index (χ4v) is 1.98. The Morgan fingerprint density at radius 2 is 1.95 bits per heavy atom. The van der Waals surface area contributed by atoms with Crippen molar-refractivity contribution in [3.63, 3.8) is 0 Å². The van der Waals surface area contributed by atoms with E-state index in [1.807, 2.05) is 6.07 Å². The Bertz CT molecular complexity index is 655. The first-order chi connectivity index (χ1) is 9.30. The summed E-state index contributed by atoms with van der Waals surface area (Å²) in [6, 6.07) is 6.22.